The largest absolute Gasteiger partial charge is 0.371 e. The van der Waals surface area contributed by atoms with Gasteiger partial charge in [-0.3, -0.25) is 10.1 Å². The summed E-state index contributed by atoms with van der Waals surface area (Å²) in [5, 5.41) is 3.40. The highest BCUT2D eigenvalue weighted by molar-refractivity contribution is 7.89. The number of nitrogens with one attached hydrogen (secondary N) is 1. The van der Waals surface area contributed by atoms with Crippen LogP contribution in [0, 0.1) is 0 Å². The highest BCUT2D eigenvalue weighted by Gasteiger charge is 2.26. The second kappa shape index (κ2) is 10.7. The molecule has 1 amide bonds. The van der Waals surface area contributed by atoms with E-state index in [1.165, 1.54) is 27.3 Å². The number of rotatable bonds is 9. The molecular weight excluding hydrogens is 468 g/mol. The lowest BCUT2D eigenvalue weighted by Crippen LogP contribution is -2.31. The zero-order valence-electron chi connectivity index (χ0n) is 19.5. The Morgan fingerprint density at radius 1 is 1.09 bits per heavy atom. The quantitative estimate of drug-likeness (QED) is 0.466. The van der Waals surface area contributed by atoms with Gasteiger partial charge in [0.25, 0.3) is 5.91 Å². The average Bonchev–Trinajstić information content (AvgIpc) is 3.52. The molecular formula is C25H30N4O3S2. The third-order valence-electron chi connectivity index (χ3n) is 6.00. The van der Waals surface area contributed by atoms with E-state index in [-0.39, 0.29) is 10.8 Å². The first-order chi connectivity index (χ1) is 16.4. The molecule has 3 aromatic rings. The Kier molecular flexibility index (Phi) is 7.65. The molecule has 2 aromatic carbocycles. The van der Waals surface area contributed by atoms with Gasteiger partial charge in [-0.25, -0.2) is 13.4 Å². The molecule has 1 aromatic heterocycles. The van der Waals surface area contributed by atoms with Crippen molar-refractivity contribution in [3.63, 3.8) is 0 Å². The van der Waals surface area contributed by atoms with E-state index < -0.39 is 10.0 Å². The van der Waals surface area contributed by atoms with E-state index in [1.54, 1.807) is 18.3 Å². The van der Waals surface area contributed by atoms with Gasteiger partial charge in [-0.05, 0) is 36.6 Å². The molecule has 7 nitrogen and oxygen atoms in total. The molecule has 4 rings (SSSR count). The first-order valence-electron chi connectivity index (χ1n) is 11.6. The number of carbonyl (C=O) groups is 1. The lowest BCUT2D eigenvalue weighted by Gasteiger charge is -2.23. The molecule has 1 aliphatic rings. The van der Waals surface area contributed by atoms with Crippen molar-refractivity contribution >= 4 is 38.1 Å². The zero-order valence-corrected chi connectivity index (χ0v) is 21.2. The van der Waals surface area contributed by atoms with Crippen molar-refractivity contribution in [2.75, 3.05) is 36.4 Å². The smallest absolute Gasteiger partial charge is 0.259 e. The Morgan fingerprint density at radius 2 is 1.79 bits per heavy atom. The highest BCUT2D eigenvalue weighted by atomic mass is 32.2. The number of carbonyl (C=O) groups excluding carboxylic acids is 1. The standard InChI is InChI=1S/C25H30N4O3S2/c1-3-29(4-2)34(31,32)21-12-13-23(28-14-8-9-15-28)22(17-21)24(30)27-25-26-18-20(33-25)16-19-10-6-5-7-11-19/h5-7,10-13,17-18H,3-4,8-9,14-16H2,1-2H3,(H,26,27,30). The van der Waals surface area contributed by atoms with Crippen molar-refractivity contribution in [3.8, 4) is 0 Å². The summed E-state index contributed by atoms with van der Waals surface area (Å²) in [6, 6.07) is 15.0. The topological polar surface area (TPSA) is 82.6 Å². The van der Waals surface area contributed by atoms with Crippen molar-refractivity contribution in [1.29, 1.82) is 0 Å². The summed E-state index contributed by atoms with van der Waals surface area (Å²) in [5.41, 5.74) is 2.29. The van der Waals surface area contributed by atoms with E-state index in [0.717, 1.165) is 42.9 Å². The summed E-state index contributed by atoms with van der Waals surface area (Å²) in [6.45, 7) is 6.06. The minimum absolute atomic E-state index is 0.133. The highest BCUT2D eigenvalue weighted by Crippen LogP contribution is 2.30. The predicted octanol–water partition coefficient (Wildman–Crippen LogP) is 4.62. The van der Waals surface area contributed by atoms with E-state index in [4.69, 9.17) is 0 Å². The van der Waals surface area contributed by atoms with Gasteiger partial charge in [0.2, 0.25) is 10.0 Å². The lowest BCUT2D eigenvalue weighted by molar-refractivity contribution is 0.102. The summed E-state index contributed by atoms with van der Waals surface area (Å²) in [7, 11) is -3.68. The van der Waals surface area contributed by atoms with Crippen molar-refractivity contribution in [1.82, 2.24) is 9.29 Å². The van der Waals surface area contributed by atoms with Gasteiger partial charge in [0.15, 0.2) is 5.13 Å². The van der Waals surface area contributed by atoms with Gasteiger partial charge in [-0.2, -0.15) is 4.31 Å². The number of amides is 1. The van der Waals surface area contributed by atoms with Crippen molar-refractivity contribution < 1.29 is 13.2 Å². The summed E-state index contributed by atoms with van der Waals surface area (Å²) in [6.07, 6.45) is 4.62. The van der Waals surface area contributed by atoms with E-state index >= 15 is 0 Å². The molecule has 9 heteroatoms. The first kappa shape index (κ1) is 24.4. The van der Waals surface area contributed by atoms with E-state index in [9.17, 15) is 13.2 Å². The van der Waals surface area contributed by atoms with Crippen molar-refractivity contribution in [3.05, 3.63) is 70.7 Å². The van der Waals surface area contributed by atoms with Crippen LogP contribution in [0.4, 0.5) is 10.8 Å². The van der Waals surface area contributed by atoms with Crippen LogP contribution in [-0.2, 0) is 16.4 Å². The van der Waals surface area contributed by atoms with Crippen LogP contribution in [0.5, 0.6) is 0 Å². The number of nitrogens with zero attached hydrogens (tertiary/aromatic N) is 3. The van der Waals surface area contributed by atoms with Gasteiger partial charge < -0.3 is 4.90 Å². The molecule has 180 valence electrons. The van der Waals surface area contributed by atoms with Gasteiger partial charge >= 0.3 is 0 Å². The van der Waals surface area contributed by atoms with Crippen LogP contribution < -0.4 is 10.2 Å². The number of aromatic nitrogens is 1. The van der Waals surface area contributed by atoms with Crippen LogP contribution in [0.3, 0.4) is 0 Å². The number of hydrogen-bond acceptors (Lipinski definition) is 6. The number of thiazole rings is 1. The fourth-order valence-electron chi connectivity index (χ4n) is 4.21. The molecule has 2 heterocycles. The fourth-order valence-corrected chi connectivity index (χ4v) is 6.54. The van der Waals surface area contributed by atoms with Gasteiger partial charge in [0.05, 0.1) is 10.5 Å². The van der Waals surface area contributed by atoms with Crippen LogP contribution in [-0.4, -0.2) is 49.8 Å². The second-order valence-electron chi connectivity index (χ2n) is 8.21. The molecule has 0 spiro atoms. The van der Waals surface area contributed by atoms with Crippen LogP contribution in [0.25, 0.3) is 0 Å². The maximum absolute atomic E-state index is 13.4. The fraction of sp³-hybridized carbons (Fsp3) is 0.360. The van der Waals surface area contributed by atoms with Crippen LogP contribution in [0.15, 0.2) is 59.6 Å². The number of anilines is 2. The summed E-state index contributed by atoms with van der Waals surface area (Å²) >= 11 is 1.43. The van der Waals surface area contributed by atoms with Gasteiger partial charge in [-0.15, -0.1) is 11.3 Å². The molecule has 0 unspecified atom stereocenters. The van der Waals surface area contributed by atoms with Gasteiger partial charge in [-0.1, -0.05) is 44.2 Å². The Bertz CT molecular complexity index is 1230. The number of benzene rings is 2. The van der Waals surface area contributed by atoms with Crippen molar-refractivity contribution in [2.45, 2.75) is 38.0 Å². The number of sulfonamides is 1. The molecule has 0 bridgehead atoms. The second-order valence-corrected chi connectivity index (χ2v) is 11.3. The summed E-state index contributed by atoms with van der Waals surface area (Å²) < 4.78 is 27.6. The van der Waals surface area contributed by atoms with Crippen LogP contribution in [0.2, 0.25) is 0 Å². The Hall–Kier alpha value is -2.75. The first-order valence-corrected chi connectivity index (χ1v) is 13.9. The molecule has 1 N–H and O–H groups in total. The minimum atomic E-state index is -3.68. The molecule has 0 atom stereocenters. The monoisotopic (exact) mass is 498 g/mol. The minimum Gasteiger partial charge on any atom is -0.371 e. The van der Waals surface area contributed by atoms with E-state index in [2.05, 4.69) is 27.3 Å². The van der Waals surface area contributed by atoms with E-state index in [1.807, 2.05) is 32.0 Å². The summed E-state index contributed by atoms with van der Waals surface area (Å²) in [4.78, 5) is 21.1. The molecule has 0 saturated carbocycles. The molecule has 1 aliphatic heterocycles. The zero-order chi connectivity index (χ0) is 24.1. The lowest BCUT2D eigenvalue weighted by atomic mass is 10.1. The predicted molar refractivity (Wildman–Crippen MR) is 137 cm³/mol. The van der Waals surface area contributed by atoms with Crippen LogP contribution >= 0.6 is 11.3 Å². The van der Waals surface area contributed by atoms with Crippen LogP contribution in [0.1, 0.15) is 47.5 Å². The normalized spacial score (nSPS) is 14.0. The number of hydrogen-bond donors (Lipinski definition) is 1. The third-order valence-corrected chi connectivity index (χ3v) is 8.96. The van der Waals surface area contributed by atoms with Gasteiger partial charge in [0.1, 0.15) is 0 Å². The molecule has 0 radical (unpaired) electrons. The molecule has 34 heavy (non-hydrogen) atoms. The Morgan fingerprint density at radius 3 is 2.47 bits per heavy atom. The Balaban J connectivity index is 1.61. The SMILES string of the molecule is CCN(CC)S(=O)(=O)c1ccc(N2CCCC2)c(C(=O)Nc2ncc(Cc3ccccc3)s2)c1. The van der Waals surface area contributed by atoms with Crippen molar-refractivity contribution in [2.24, 2.45) is 0 Å². The summed E-state index contributed by atoms with van der Waals surface area (Å²) in [5.74, 6) is -0.348. The average molecular weight is 499 g/mol. The van der Waals surface area contributed by atoms with Gasteiger partial charge in [0, 0.05) is 49.4 Å². The maximum atomic E-state index is 13.4. The molecule has 0 aliphatic carbocycles. The van der Waals surface area contributed by atoms with E-state index in [0.29, 0.717) is 23.8 Å². The molecule has 1 fully saturated rings. The third kappa shape index (κ3) is 5.32. The molecule has 1 saturated heterocycles. The Labute approximate surface area is 205 Å². The maximum Gasteiger partial charge on any atom is 0.259 e.